The summed E-state index contributed by atoms with van der Waals surface area (Å²) in [4.78, 5) is 29.7. The molecule has 2 aromatic carbocycles. The Morgan fingerprint density at radius 3 is 2.60 bits per heavy atom. The molecule has 0 aliphatic heterocycles. The molecule has 2 heterocycles. The van der Waals surface area contributed by atoms with Crippen molar-refractivity contribution >= 4 is 45.2 Å². The van der Waals surface area contributed by atoms with Crippen LogP contribution in [0.15, 0.2) is 60.9 Å². The van der Waals surface area contributed by atoms with Gasteiger partial charge >= 0.3 is 5.97 Å². The summed E-state index contributed by atoms with van der Waals surface area (Å²) < 4.78 is 6.91. The fraction of sp³-hybridized carbons (Fsp3) is 0.321. The number of rotatable bonds is 6. The molecule has 4 aromatic rings. The van der Waals surface area contributed by atoms with Crippen LogP contribution in [0.5, 0.6) is 0 Å². The van der Waals surface area contributed by atoms with Crippen LogP contribution in [0.1, 0.15) is 41.7 Å². The third-order valence-electron chi connectivity index (χ3n) is 7.06. The highest BCUT2D eigenvalue weighted by Crippen LogP contribution is 2.31. The van der Waals surface area contributed by atoms with Crippen molar-refractivity contribution in [2.24, 2.45) is 11.8 Å². The quantitative estimate of drug-likeness (QED) is 0.358. The SMILES string of the molecule is COC(=O)[C@H]1CC[C@H](CNC(=O)c2c(Cl)ccc3ccn(Cc4cc5ccccc5cn4)c23)CC1. The van der Waals surface area contributed by atoms with Crippen LogP contribution in [0.3, 0.4) is 0 Å². The van der Waals surface area contributed by atoms with E-state index in [0.29, 0.717) is 29.6 Å². The van der Waals surface area contributed by atoms with Gasteiger partial charge in [0.05, 0.1) is 41.4 Å². The number of halogens is 1. The number of esters is 1. The number of hydrogen-bond acceptors (Lipinski definition) is 4. The summed E-state index contributed by atoms with van der Waals surface area (Å²) in [5.41, 5.74) is 2.20. The largest absolute Gasteiger partial charge is 0.469 e. The van der Waals surface area contributed by atoms with Crippen LogP contribution in [-0.2, 0) is 16.1 Å². The zero-order valence-corrected chi connectivity index (χ0v) is 20.4. The number of benzene rings is 2. The fourth-order valence-corrected chi connectivity index (χ4v) is 5.34. The van der Waals surface area contributed by atoms with Gasteiger partial charge in [0.15, 0.2) is 0 Å². The van der Waals surface area contributed by atoms with Gasteiger partial charge in [-0.2, -0.15) is 0 Å². The lowest BCUT2D eigenvalue weighted by atomic mass is 9.82. The summed E-state index contributed by atoms with van der Waals surface area (Å²) in [6.45, 7) is 1.10. The molecule has 0 unspecified atom stereocenters. The van der Waals surface area contributed by atoms with Gasteiger partial charge in [0.1, 0.15) is 0 Å². The number of carbonyl (C=O) groups is 2. The number of carbonyl (C=O) groups excluding carboxylic acids is 2. The molecule has 0 radical (unpaired) electrons. The monoisotopic (exact) mass is 489 g/mol. The molecule has 180 valence electrons. The Balaban J connectivity index is 1.34. The first-order valence-electron chi connectivity index (χ1n) is 12.0. The van der Waals surface area contributed by atoms with Crippen molar-refractivity contribution in [2.45, 2.75) is 32.2 Å². The molecule has 2 aromatic heterocycles. The second-order valence-electron chi connectivity index (χ2n) is 9.28. The normalized spacial score (nSPS) is 18.0. The van der Waals surface area contributed by atoms with Gasteiger partial charge in [0.25, 0.3) is 5.91 Å². The van der Waals surface area contributed by atoms with Crippen LogP contribution in [0.2, 0.25) is 5.02 Å². The third-order valence-corrected chi connectivity index (χ3v) is 7.37. The smallest absolute Gasteiger partial charge is 0.308 e. The van der Waals surface area contributed by atoms with Gasteiger partial charge in [-0.05, 0) is 55.2 Å². The number of nitrogens with one attached hydrogen (secondary N) is 1. The minimum atomic E-state index is -0.179. The van der Waals surface area contributed by atoms with Gasteiger partial charge in [-0.3, -0.25) is 14.6 Å². The minimum Gasteiger partial charge on any atom is -0.469 e. The van der Waals surface area contributed by atoms with E-state index in [4.69, 9.17) is 16.3 Å². The first kappa shape index (κ1) is 23.4. The molecule has 35 heavy (non-hydrogen) atoms. The van der Waals surface area contributed by atoms with Crippen molar-refractivity contribution in [2.75, 3.05) is 13.7 Å². The maximum Gasteiger partial charge on any atom is 0.308 e. The average Bonchev–Trinajstić information content (AvgIpc) is 3.29. The van der Waals surface area contributed by atoms with Gasteiger partial charge in [-0.1, -0.05) is 41.9 Å². The lowest BCUT2D eigenvalue weighted by molar-refractivity contribution is -0.146. The molecule has 0 saturated heterocycles. The molecule has 6 nitrogen and oxygen atoms in total. The van der Waals surface area contributed by atoms with Crippen molar-refractivity contribution < 1.29 is 14.3 Å². The van der Waals surface area contributed by atoms with Crippen LogP contribution in [0, 0.1) is 11.8 Å². The molecule has 1 N–H and O–H groups in total. The molecular weight excluding hydrogens is 462 g/mol. The molecule has 1 fully saturated rings. The van der Waals surface area contributed by atoms with Gasteiger partial charge in [-0.25, -0.2) is 0 Å². The third kappa shape index (κ3) is 4.89. The molecule has 7 heteroatoms. The lowest BCUT2D eigenvalue weighted by Crippen LogP contribution is -2.33. The summed E-state index contributed by atoms with van der Waals surface area (Å²) in [6, 6.07) is 15.9. The predicted molar refractivity (Wildman–Crippen MR) is 138 cm³/mol. The number of pyridine rings is 1. The molecule has 1 amide bonds. The van der Waals surface area contributed by atoms with Crippen molar-refractivity contribution in [1.29, 1.82) is 0 Å². The Morgan fingerprint density at radius 1 is 1.06 bits per heavy atom. The number of fused-ring (bicyclic) bond motifs is 2. The first-order valence-corrected chi connectivity index (χ1v) is 12.4. The van der Waals surface area contributed by atoms with E-state index >= 15 is 0 Å². The average molecular weight is 490 g/mol. The lowest BCUT2D eigenvalue weighted by Gasteiger charge is -2.27. The van der Waals surface area contributed by atoms with Gasteiger partial charge in [0, 0.05) is 29.7 Å². The fourth-order valence-electron chi connectivity index (χ4n) is 5.10. The van der Waals surface area contributed by atoms with Gasteiger partial charge in [0.2, 0.25) is 0 Å². The Labute approximate surface area is 209 Å². The molecule has 1 aliphatic rings. The van der Waals surface area contributed by atoms with Crippen molar-refractivity contribution in [3.05, 3.63) is 77.2 Å². The van der Waals surface area contributed by atoms with E-state index in [1.807, 2.05) is 47.3 Å². The Morgan fingerprint density at radius 2 is 1.83 bits per heavy atom. The number of aromatic nitrogens is 2. The number of hydrogen-bond donors (Lipinski definition) is 1. The Bertz CT molecular complexity index is 1390. The van der Waals surface area contributed by atoms with Crippen molar-refractivity contribution in [3.63, 3.8) is 0 Å². The van der Waals surface area contributed by atoms with E-state index in [0.717, 1.165) is 53.1 Å². The van der Waals surface area contributed by atoms with E-state index < -0.39 is 0 Å². The van der Waals surface area contributed by atoms with Crippen LogP contribution in [0.25, 0.3) is 21.7 Å². The molecule has 1 saturated carbocycles. The van der Waals surface area contributed by atoms with E-state index in [-0.39, 0.29) is 17.8 Å². The zero-order chi connectivity index (χ0) is 24.4. The molecule has 0 atom stereocenters. The maximum atomic E-state index is 13.3. The standard InChI is InChI=1S/C28H28ClN3O3/c1-35-28(34)20-8-6-18(7-9-20)15-31-27(33)25-24(29)11-10-19-12-13-32(26(19)25)17-23-14-21-4-2-3-5-22(21)16-30-23/h2-5,10-14,16,18,20H,6-9,15,17H2,1H3,(H,31,33)/t18-,20-. The zero-order valence-electron chi connectivity index (χ0n) is 19.7. The molecular formula is C28H28ClN3O3. The number of methoxy groups -OCH3 is 1. The molecule has 0 spiro atoms. The molecule has 5 rings (SSSR count). The van der Waals surface area contributed by atoms with Gasteiger partial charge < -0.3 is 14.6 Å². The molecule has 1 aliphatic carbocycles. The summed E-state index contributed by atoms with van der Waals surface area (Å²) in [5, 5.41) is 6.71. The predicted octanol–water partition coefficient (Wildman–Crippen LogP) is 5.60. The van der Waals surface area contributed by atoms with E-state index in [9.17, 15) is 9.59 Å². The van der Waals surface area contributed by atoms with Crippen molar-refractivity contribution in [1.82, 2.24) is 14.9 Å². The Kier molecular flexibility index (Phi) is 6.73. The number of nitrogens with zero attached hydrogens (tertiary/aromatic N) is 2. The Hall–Kier alpha value is -3.38. The number of ether oxygens (including phenoxy) is 1. The van der Waals surface area contributed by atoms with Crippen molar-refractivity contribution in [3.8, 4) is 0 Å². The van der Waals surface area contributed by atoms with Crippen LogP contribution >= 0.6 is 11.6 Å². The summed E-state index contributed by atoms with van der Waals surface area (Å²) >= 11 is 6.56. The van der Waals surface area contributed by atoms with Gasteiger partial charge in [-0.15, -0.1) is 0 Å². The highest BCUT2D eigenvalue weighted by atomic mass is 35.5. The molecule has 0 bridgehead atoms. The van der Waals surface area contributed by atoms with E-state index in [2.05, 4.69) is 22.4 Å². The highest BCUT2D eigenvalue weighted by molar-refractivity contribution is 6.35. The highest BCUT2D eigenvalue weighted by Gasteiger charge is 2.27. The summed E-state index contributed by atoms with van der Waals surface area (Å²) in [7, 11) is 1.44. The summed E-state index contributed by atoms with van der Waals surface area (Å²) in [6.07, 6.45) is 7.23. The second kappa shape index (κ2) is 10.1. The minimum absolute atomic E-state index is 0.0258. The van der Waals surface area contributed by atoms with E-state index in [1.165, 1.54) is 7.11 Å². The maximum absolute atomic E-state index is 13.3. The number of amides is 1. The van der Waals surface area contributed by atoms with Crippen LogP contribution in [0.4, 0.5) is 0 Å². The topological polar surface area (TPSA) is 73.2 Å². The summed E-state index contributed by atoms with van der Waals surface area (Å²) in [5.74, 6) is 0.00304. The van der Waals surface area contributed by atoms with Crippen LogP contribution in [-0.4, -0.2) is 35.1 Å². The van der Waals surface area contributed by atoms with E-state index in [1.54, 1.807) is 6.07 Å². The first-order chi connectivity index (χ1) is 17.0. The second-order valence-corrected chi connectivity index (χ2v) is 9.68. The van der Waals surface area contributed by atoms with Crippen LogP contribution < -0.4 is 5.32 Å².